The maximum Gasteiger partial charge on any atom is 0.0951 e. The number of hydrogen-bond acceptors (Lipinski definition) is 3. The first-order valence-electron chi connectivity index (χ1n) is 5.84. The Morgan fingerprint density at radius 3 is 2.69 bits per heavy atom. The number of nitrogens with zero attached hydrogens (tertiary/aromatic N) is 2. The summed E-state index contributed by atoms with van der Waals surface area (Å²) in [7, 11) is 1.72. The normalized spacial score (nSPS) is 15.4. The second-order valence-corrected chi connectivity index (χ2v) is 4.63. The van der Waals surface area contributed by atoms with Crippen LogP contribution in [0.1, 0.15) is 45.0 Å². The van der Waals surface area contributed by atoms with Gasteiger partial charge in [0, 0.05) is 32.0 Å². The average Bonchev–Trinajstić information content (AvgIpc) is 2.73. The van der Waals surface area contributed by atoms with Crippen LogP contribution in [0, 0.1) is 5.92 Å². The Hall–Kier alpha value is -0.870. The number of aromatic nitrogens is 2. The fourth-order valence-corrected chi connectivity index (χ4v) is 1.71. The van der Waals surface area contributed by atoms with Crippen molar-refractivity contribution in [1.82, 2.24) is 9.55 Å². The minimum absolute atomic E-state index is 0.0486. The zero-order valence-electron chi connectivity index (χ0n) is 10.7. The molecule has 4 heteroatoms. The Balaban J connectivity index is 2.77. The molecule has 0 saturated carbocycles. The fraction of sp³-hybridized carbons (Fsp3) is 0.750. The van der Waals surface area contributed by atoms with Crippen LogP contribution in [0.2, 0.25) is 0 Å². The molecule has 0 saturated heterocycles. The summed E-state index contributed by atoms with van der Waals surface area (Å²) in [5, 5.41) is 0. The third kappa shape index (κ3) is 3.06. The maximum atomic E-state index is 6.16. The lowest BCUT2D eigenvalue weighted by Crippen LogP contribution is -2.22. The predicted molar refractivity (Wildman–Crippen MR) is 65.2 cm³/mol. The monoisotopic (exact) mass is 225 g/mol. The van der Waals surface area contributed by atoms with Crippen molar-refractivity contribution in [2.75, 3.05) is 13.7 Å². The molecule has 0 bridgehead atoms. The summed E-state index contributed by atoms with van der Waals surface area (Å²) in [5.74, 6) is 0.421. The Morgan fingerprint density at radius 2 is 2.12 bits per heavy atom. The lowest BCUT2D eigenvalue weighted by molar-refractivity contribution is 0.180. The number of methoxy groups -OCH3 is 1. The summed E-state index contributed by atoms with van der Waals surface area (Å²) >= 11 is 0. The van der Waals surface area contributed by atoms with Crippen molar-refractivity contribution in [1.29, 1.82) is 0 Å². The van der Waals surface area contributed by atoms with Crippen LogP contribution in [-0.2, 0) is 4.74 Å². The van der Waals surface area contributed by atoms with E-state index in [9.17, 15) is 0 Å². The lowest BCUT2D eigenvalue weighted by Gasteiger charge is -2.21. The molecule has 4 nitrogen and oxygen atoms in total. The van der Waals surface area contributed by atoms with E-state index in [-0.39, 0.29) is 6.04 Å². The van der Waals surface area contributed by atoms with Crippen LogP contribution in [0.5, 0.6) is 0 Å². The molecule has 0 aromatic carbocycles. The summed E-state index contributed by atoms with van der Waals surface area (Å²) in [6.07, 6.45) is 4.70. The Labute approximate surface area is 97.8 Å². The summed E-state index contributed by atoms with van der Waals surface area (Å²) in [4.78, 5) is 4.20. The van der Waals surface area contributed by atoms with Crippen molar-refractivity contribution in [3.63, 3.8) is 0 Å². The quantitative estimate of drug-likeness (QED) is 0.807. The molecule has 2 atom stereocenters. The lowest BCUT2D eigenvalue weighted by atomic mass is 10.0. The van der Waals surface area contributed by atoms with Crippen molar-refractivity contribution in [3.05, 3.63) is 18.2 Å². The average molecular weight is 225 g/mol. The highest BCUT2D eigenvalue weighted by Gasteiger charge is 2.17. The molecule has 1 aromatic heterocycles. The van der Waals surface area contributed by atoms with Crippen LogP contribution in [0.25, 0.3) is 0 Å². The molecule has 1 aromatic rings. The smallest absolute Gasteiger partial charge is 0.0951 e. The van der Waals surface area contributed by atoms with E-state index in [4.69, 9.17) is 10.5 Å². The van der Waals surface area contributed by atoms with E-state index >= 15 is 0 Å². The minimum atomic E-state index is 0.0486. The van der Waals surface area contributed by atoms with Gasteiger partial charge >= 0.3 is 0 Å². The van der Waals surface area contributed by atoms with Crippen LogP contribution in [0.3, 0.4) is 0 Å². The van der Waals surface area contributed by atoms with E-state index in [1.165, 1.54) is 0 Å². The molecule has 0 aliphatic heterocycles. The van der Waals surface area contributed by atoms with Gasteiger partial charge in [-0.25, -0.2) is 4.98 Å². The van der Waals surface area contributed by atoms with Gasteiger partial charge in [-0.15, -0.1) is 0 Å². The van der Waals surface area contributed by atoms with E-state index in [2.05, 4.69) is 30.3 Å². The molecular weight excluding hydrogens is 202 g/mol. The highest BCUT2D eigenvalue weighted by molar-refractivity contribution is 5.06. The van der Waals surface area contributed by atoms with Crippen molar-refractivity contribution in [2.24, 2.45) is 11.7 Å². The standard InChI is InChI=1S/C12H23N3O/c1-9(2)12(13)11-7-14-8-15(11)10(3)5-6-16-4/h7-10,12H,5-6,13H2,1-4H3. The topological polar surface area (TPSA) is 53.1 Å². The number of nitrogens with two attached hydrogens (primary N) is 1. The summed E-state index contributed by atoms with van der Waals surface area (Å²) < 4.78 is 7.25. The summed E-state index contributed by atoms with van der Waals surface area (Å²) in [6.45, 7) is 7.18. The molecule has 16 heavy (non-hydrogen) atoms. The molecule has 0 aliphatic carbocycles. The second kappa shape index (κ2) is 6.01. The minimum Gasteiger partial charge on any atom is -0.385 e. The zero-order valence-corrected chi connectivity index (χ0v) is 10.7. The largest absolute Gasteiger partial charge is 0.385 e. The van der Waals surface area contributed by atoms with Crippen LogP contribution >= 0.6 is 0 Å². The van der Waals surface area contributed by atoms with Gasteiger partial charge in [0.2, 0.25) is 0 Å². The molecule has 0 aliphatic rings. The number of ether oxygens (including phenoxy) is 1. The zero-order chi connectivity index (χ0) is 12.1. The van der Waals surface area contributed by atoms with Crippen molar-refractivity contribution < 1.29 is 4.74 Å². The van der Waals surface area contributed by atoms with Crippen molar-refractivity contribution >= 4 is 0 Å². The molecule has 0 amide bonds. The van der Waals surface area contributed by atoms with Crippen LogP contribution < -0.4 is 5.73 Å². The van der Waals surface area contributed by atoms with Crippen molar-refractivity contribution in [3.8, 4) is 0 Å². The first-order valence-corrected chi connectivity index (χ1v) is 5.84. The molecule has 2 unspecified atom stereocenters. The molecule has 2 N–H and O–H groups in total. The van der Waals surface area contributed by atoms with E-state index in [0.29, 0.717) is 12.0 Å². The Bertz CT molecular complexity index is 309. The number of rotatable bonds is 6. The SMILES string of the molecule is COCCC(C)n1cncc1C(N)C(C)C. The number of imidazole rings is 1. The third-order valence-corrected chi connectivity index (χ3v) is 2.97. The van der Waals surface area contributed by atoms with Gasteiger partial charge in [-0.1, -0.05) is 13.8 Å². The number of hydrogen-bond donors (Lipinski definition) is 1. The third-order valence-electron chi connectivity index (χ3n) is 2.97. The summed E-state index contributed by atoms with van der Waals surface area (Å²) in [5.41, 5.74) is 7.27. The predicted octanol–water partition coefficient (Wildman–Crippen LogP) is 2.14. The van der Waals surface area contributed by atoms with Gasteiger partial charge in [0.15, 0.2) is 0 Å². The summed E-state index contributed by atoms with van der Waals surface area (Å²) in [6, 6.07) is 0.426. The molecule has 1 heterocycles. The van der Waals surface area contributed by atoms with Crippen molar-refractivity contribution in [2.45, 2.75) is 39.3 Å². The van der Waals surface area contributed by atoms with Crippen LogP contribution in [0.15, 0.2) is 12.5 Å². The van der Waals surface area contributed by atoms with Gasteiger partial charge in [0.25, 0.3) is 0 Å². The molecule has 0 spiro atoms. The Kier molecular flexibility index (Phi) is 4.96. The van der Waals surface area contributed by atoms with E-state index in [1.807, 2.05) is 12.5 Å². The van der Waals surface area contributed by atoms with Gasteiger partial charge in [0.05, 0.1) is 12.0 Å². The first-order chi connectivity index (χ1) is 7.57. The van der Waals surface area contributed by atoms with Gasteiger partial charge in [-0.2, -0.15) is 0 Å². The second-order valence-electron chi connectivity index (χ2n) is 4.63. The highest BCUT2D eigenvalue weighted by Crippen LogP contribution is 2.22. The molecule has 0 radical (unpaired) electrons. The van der Waals surface area contributed by atoms with E-state index < -0.39 is 0 Å². The molecular formula is C12H23N3O. The van der Waals surface area contributed by atoms with Crippen LogP contribution in [-0.4, -0.2) is 23.3 Å². The van der Waals surface area contributed by atoms with E-state index in [1.54, 1.807) is 7.11 Å². The first kappa shape index (κ1) is 13.2. The molecule has 92 valence electrons. The van der Waals surface area contributed by atoms with Gasteiger partial charge in [-0.3, -0.25) is 0 Å². The highest BCUT2D eigenvalue weighted by atomic mass is 16.5. The van der Waals surface area contributed by atoms with Gasteiger partial charge in [0.1, 0.15) is 0 Å². The Morgan fingerprint density at radius 1 is 1.44 bits per heavy atom. The van der Waals surface area contributed by atoms with Gasteiger partial charge in [-0.05, 0) is 19.3 Å². The maximum absolute atomic E-state index is 6.16. The van der Waals surface area contributed by atoms with Crippen LogP contribution in [0.4, 0.5) is 0 Å². The van der Waals surface area contributed by atoms with Gasteiger partial charge < -0.3 is 15.0 Å². The molecule has 0 fully saturated rings. The fourth-order valence-electron chi connectivity index (χ4n) is 1.71. The van der Waals surface area contributed by atoms with E-state index in [0.717, 1.165) is 18.7 Å². The molecule has 1 rings (SSSR count).